The van der Waals surface area contributed by atoms with Gasteiger partial charge in [-0.05, 0) is 54.0 Å². The second-order valence-electron chi connectivity index (χ2n) is 10.1. The van der Waals surface area contributed by atoms with Crippen molar-refractivity contribution in [1.82, 2.24) is 15.1 Å². The molecule has 0 bridgehead atoms. The Morgan fingerprint density at radius 3 is 2.68 bits per heavy atom. The van der Waals surface area contributed by atoms with Gasteiger partial charge in [0.2, 0.25) is 6.79 Å². The SMILES string of the molecule is CCCCC[C@@H](CNC(=O)Nc1c(OC(C)C)c(C)nn1C(C)(C)C)c1cccc2c1OCO2. The maximum Gasteiger partial charge on any atom is 0.320 e. The number of nitrogens with zero attached hydrogens (tertiary/aromatic N) is 2. The summed E-state index contributed by atoms with van der Waals surface area (Å²) in [6.45, 7) is 14.9. The molecule has 8 heteroatoms. The fraction of sp³-hybridized carbons (Fsp3) is 0.615. The van der Waals surface area contributed by atoms with Crippen molar-refractivity contribution in [3.8, 4) is 17.2 Å². The van der Waals surface area contributed by atoms with Crippen LogP contribution in [0.4, 0.5) is 10.6 Å². The molecular formula is C26H40N4O4. The van der Waals surface area contributed by atoms with Crippen LogP contribution in [0.1, 0.15) is 84.4 Å². The normalized spacial score (nSPS) is 13.8. The minimum Gasteiger partial charge on any atom is -0.485 e. The lowest BCUT2D eigenvalue weighted by atomic mass is 9.92. The first kappa shape index (κ1) is 25.7. The molecule has 0 radical (unpaired) electrons. The van der Waals surface area contributed by atoms with E-state index in [1.807, 2.05) is 58.4 Å². The number of hydrogen-bond donors (Lipinski definition) is 2. The highest BCUT2D eigenvalue weighted by molar-refractivity contribution is 5.90. The lowest BCUT2D eigenvalue weighted by Gasteiger charge is -2.24. The number of benzene rings is 1. The lowest BCUT2D eigenvalue weighted by molar-refractivity contribution is 0.173. The van der Waals surface area contributed by atoms with Gasteiger partial charge < -0.3 is 19.5 Å². The van der Waals surface area contributed by atoms with E-state index in [1.54, 1.807) is 0 Å². The number of fused-ring (bicyclic) bond motifs is 1. The van der Waals surface area contributed by atoms with Gasteiger partial charge in [0.1, 0.15) is 5.69 Å². The molecule has 1 aromatic heterocycles. The fourth-order valence-corrected chi connectivity index (χ4v) is 4.14. The molecule has 2 heterocycles. The van der Waals surface area contributed by atoms with Gasteiger partial charge in [0.15, 0.2) is 23.1 Å². The Labute approximate surface area is 203 Å². The molecule has 1 aliphatic heterocycles. The second-order valence-corrected chi connectivity index (χ2v) is 10.1. The standard InChI is InChI=1S/C26H40N4O4/c1-8-9-10-12-19(20-13-11-14-21-23(20)33-16-32-21)15-27-25(31)28-24-22(34-17(2)3)18(4)29-30(24)26(5,6)7/h11,13-14,17,19H,8-10,12,15-16H2,1-7H3,(H2,27,28,31)/t19-/m0/s1. The van der Waals surface area contributed by atoms with Crippen molar-refractivity contribution in [2.24, 2.45) is 0 Å². The molecule has 2 aromatic rings. The van der Waals surface area contributed by atoms with Crippen LogP contribution in [0.15, 0.2) is 18.2 Å². The minimum absolute atomic E-state index is 0.0368. The average Bonchev–Trinajstić information content (AvgIpc) is 3.36. The lowest BCUT2D eigenvalue weighted by Crippen LogP contribution is -2.35. The molecule has 2 N–H and O–H groups in total. The summed E-state index contributed by atoms with van der Waals surface area (Å²) in [4.78, 5) is 13.1. The van der Waals surface area contributed by atoms with E-state index >= 15 is 0 Å². The third kappa shape index (κ3) is 6.15. The number of ether oxygens (including phenoxy) is 3. The molecule has 1 aliphatic rings. The quantitative estimate of drug-likeness (QED) is 0.417. The van der Waals surface area contributed by atoms with Crippen LogP contribution in [0.5, 0.6) is 17.2 Å². The van der Waals surface area contributed by atoms with E-state index in [0.29, 0.717) is 18.1 Å². The highest BCUT2D eigenvalue weighted by atomic mass is 16.7. The molecule has 2 amide bonds. The molecule has 0 saturated heterocycles. The van der Waals surface area contributed by atoms with Crippen molar-refractivity contribution < 1.29 is 19.0 Å². The van der Waals surface area contributed by atoms with Crippen molar-refractivity contribution >= 4 is 11.8 Å². The number of aryl methyl sites for hydroxylation is 1. The Morgan fingerprint density at radius 1 is 1.24 bits per heavy atom. The second kappa shape index (κ2) is 11.0. The van der Waals surface area contributed by atoms with Gasteiger partial charge in [0.25, 0.3) is 0 Å². The summed E-state index contributed by atoms with van der Waals surface area (Å²) in [5.74, 6) is 2.85. The number of rotatable bonds is 10. The number of amides is 2. The van der Waals surface area contributed by atoms with E-state index < -0.39 is 0 Å². The van der Waals surface area contributed by atoms with Gasteiger partial charge in [0, 0.05) is 18.0 Å². The molecule has 0 aliphatic carbocycles. The highest BCUT2D eigenvalue weighted by Crippen LogP contribution is 2.40. The molecule has 3 rings (SSSR count). The maximum absolute atomic E-state index is 13.1. The molecule has 0 spiro atoms. The smallest absolute Gasteiger partial charge is 0.320 e. The van der Waals surface area contributed by atoms with E-state index in [4.69, 9.17) is 14.2 Å². The van der Waals surface area contributed by atoms with Crippen molar-refractivity contribution in [1.29, 1.82) is 0 Å². The van der Waals surface area contributed by atoms with Crippen LogP contribution in [0.3, 0.4) is 0 Å². The van der Waals surface area contributed by atoms with E-state index in [1.165, 1.54) is 0 Å². The van der Waals surface area contributed by atoms with Gasteiger partial charge in [-0.1, -0.05) is 38.3 Å². The van der Waals surface area contributed by atoms with Crippen molar-refractivity contribution in [3.05, 3.63) is 29.5 Å². The number of carbonyl (C=O) groups is 1. The van der Waals surface area contributed by atoms with Crippen LogP contribution in [-0.2, 0) is 5.54 Å². The van der Waals surface area contributed by atoms with Gasteiger partial charge in [-0.2, -0.15) is 5.10 Å². The van der Waals surface area contributed by atoms with Gasteiger partial charge in [-0.3, -0.25) is 5.32 Å². The van der Waals surface area contributed by atoms with E-state index in [0.717, 1.165) is 48.4 Å². The number of para-hydroxylation sites is 1. The van der Waals surface area contributed by atoms with Gasteiger partial charge >= 0.3 is 6.03 Å². The highest BCUT2D eigenvalue weighted by Gasteiger charge is 2.27. The summed E-state index contributed by atoms with van der Waals surface area (Å²) in [6.07, 6.45) is 4.29. The van der Waals surface area contributed by atoms with Crippen LogP contribution < -0.4 is 24.8 Å². The Hall–Kier alpha value is -2.90. The molecule has 1 aromatic carbocycles. The summed E-state index contributed by atoms with van der Waals surface area (Å²) < 4.78 is 19.1. The maximum atomic E-state index is 13.1. The number of anilines is 1. The Kier molecular flexibility index (Phi) is 8.33. The van der Waals surface area contributed by atoms with E-state index in [-0.39, 0.29) is 30.4 Å². The molecule has 0 saturated carbocycles. The molecule has 1 atom stereocenters. The van der Waals surface area contributed by atoms with E-state index in [2.05, 4.69) is 28.7 Å². The van der Waals surface area contributed by atoms with Crippen molar-refractivity contribution in [2.45, 2.75) is 91.7 Å². The van der Waals surface area contributed by atoms with Crippen LogP contribution in [-0.4, -0.2) is 35.3 Å². The van der Waals surface area contributed by atoms with Crippen molar-refractivity contribution in [3.63, 3.8) is 0 Å². The third-order valence-electron chi connectivity index (χ3n) is 5.76. The molecule has 0 unspecified atom stereocenters. The van der Waals surface area contributed by atoms with E-state index in [9.17, 15) is 4.79 Å². The first-order valence-corrected chi connectivity index (χ1v) is 12.3. The summed E-state index contributed by atoms with van der Waals surface area (Å²) in [6, 6.07) is 5.68. The molecule has 0 fully saturated rings. The fourth-order valence-electron chi connectivity index (χ4n) is 4.14. The average molecular weight is 473 g/mol. The van der Waals surface area contributed by atoms with Crippen LogP contribution in [0.2, 0.25) is 0 Å². The van der Waals surface area contributed by atoms with Crippen LogP contribution in [0.25, 0.3) is 0 Å². The summed E-state index contributed by atoms with van der Waals surface area (Å²) in [5, 5.41) is 10.7. The summed E-state index contributed by atoms with van der Waals surface area (Å²) in [7, 11) is 0. The van der Waals surface area contributed by atoms with Gasteiger partial charge in [-0.15, -0.1) is 0 Å². The first-order chi connectivity index (χ1) is 16.1. The van der Waals surface area contributed by atoms with Crippen LogP contribution >= 0.6 is 0 Å². The zero-order chi connectivity index (χ0) is 24.9. The molecular weight excluding hydrogens is 432 g/mol. The summed E-state index contributed by atoms with van der Waals surface area (Å²) in [5.41, 5.74) is 1.50. The largest absolute Gasteiger partial charge is 0.485 e. The first-order valence-electron chi connectivity index (χ1n) is 12.3. The molecule has 188 valence electrons. The van der Waals surface area contributed by atoms with Gasteiger partial charge in [-0.25, -0.2) is 9.48 Å². The Morgan fingerprint density at radius 2 is 2.00 bits per heavy atom. The third-order valence-corrected chi connectivity index (χ3v) is 5.76. The minimum atomic E-state index is -0.323. The number of carbonyl (C=O) groups excluding carboxylic acids is 1. The van der Waals surface area contributed by atoms with Gasteiger partial charge in [0.05, 0.1) is 11.6 Å². The van der Waals surface area contributed by atoms with Crippen molar-refractivity contribution in [2.75, 3.05) is 18.7 Å². The predicted octanol–water partition coefficient (Wildman–Crippen LogP) is 5.95. The predicted molar refractivity (Wildman–Crippen MR) is 134 cm³/mol. The number of urea groups is 1. The van der Waals surface area contributed by atoms with Crippen LogP contribution in [0, 0.1) is 6.92 Å². The number of hydrogen-bond acceptors (Lipinski definition) is 5. The topological polar surface area (TPSA) is 86.6 Å². The number of unbranched alkanes of at least 4 members (excludes halogenated alkanes) is 2. The number of aromatic nitrogens is 2. The monoisotopic (exact) mass is 472 g/mol. The zero-order valence-corrected chi connectivity index (χ0v) is 21.7. The molecule has 8 nitrogen and oxygen atoms in total. The summed E-state index contributed by atoms with van der Waals surface area (Å²) >= 11 is 0. The Bertz CT molecular complexity index is 978. The Balaban J connectivity index is 1.77. The number of nitrogens with one attached hydrogen (secondary N) is 2. The zero-order valence-electron chi connectivity index (χ0n) is 21.7. The molecule has 34 heavy (non-hydrogen) atoms.